The highest BCUT2D eigenvalue weighted by atomic mass is 79.9. The first-order valence-electron chi connectivity index (χ1n) is 5.53. The molecule has 0 bridgehead atoms. The highest BCUT2D eigenvalue weighted by Gasteiger charge is 2.10. The van der Waals surface area contributed by atoms with E-state index in [1.807, 2.05) is 17.7 Å². The van der Waals surface area contributed by atoms with Gasteiger partial charge in [0.1, 0.15) is 10.8 Å². The van der Waals surface area contributed by atoms with Crippen LogP contribution in [0, 0.1) is 17.5 Å². The number of thiazole rings is 1. The Balaban J connectivity index is 2.15. The van der Waals surface area contributed by atoms with E-state index in [2.05, 4.69) is 25.9 Å². The fourth-order valence-electron chi connectivity index (χ4n) is 1.92. The SMILES string of the molecule is Cc1cnc(Cn2c(=S)[nH]c3cc(F)c(Br)cc32)s1. The van der Waals surface area contributed by atoms with Crippen molar-refractivity contribution in [3.63, 3.8) is 0 Å². The van der Waals surface area contributed by atoms with E-state index in [1.165, 1.54) is 6.07 Å². The van der Waals surface area contributed by atoms with Crippen molar-refractivity contribution in [3.05, 3.63) is 43.3 Å². The lowest BCUT2D eigenvalue weighted by Crippen LogP contribution is -1.99. The number of H-pyrrole nitrogens is 1. The van der Waals surface area contributed by atoms with Crippen molar-refractivity contribution in [2.45, 2.75) is 13.5 Å². The summed E-state index contributed by atoms with van der Waals surface area (Å²) in [6.07, 6.45) is 1.84. The highest BCUT2D eigenvalue weighted by molar-refractivity contribution is 9.10. The zero-order valence-electron chi connectivity index (χ0n) is 9.91. The summed E-state index contributed by atoms with van der Waals surface area (Å²) >= 11 is 10.1. The van der Waals surface area contributed by atoms with Gasteiger partial charge < -0.3 is 9.55 Å². The number of aromatic nitrogens is 3. The van der Waals surface area contributed by atoms with Gasteiger partial charge in [-0.1, -0.05) is 0 Å². The average molecular weight is 358 g/mol. The first-order chi connectivity index (χ1) is 9.04. The van der Waals surface area contributed by atoms with Gasteiger partial charge in [-0.15, -0.1) is 11.3 Å². The second kappa shape index (κ2) is 4.81. The lowest BCUT2D eigenvalue weighted by Gasteiger charge is -2.02. The number of nitrogens with zero attached hydrogens (tertiary/aromatic N) is 2. The molecule has 98 valence electrons. The molecular weight excluding hydrogens is 349 g/mol. The van der Waals surface area contributed by atoms with Crippen LogP contribution in [0.5, 0.6) is 0 Å². The van der Waals surface area contributed by atoms with Gasteiger partial charge in [-0.3, -0.25) is 0 Å². The zero-order chi connectivity index (χ0) is 13.6. The zero-order valence-corrected chi connectivity index (χ0v) is 13.1. The second-order valence-electron chi connectivity index (χ2n) is 4.16. The van der Waals surface area contributed by atoms with Gasteiger partial charge in [-0.05, 0) is 41.1 Å². The molecule has 0 saturated heterocycles. The molecule has 0 atom stereocenters. The number of fused-ring (bicyclic) bond motifs is 1. The molecule has 0 radical (unpaired) electrons. The topological polar surface area (TPSA) is 33.6 Å². The summed E-state index contributed by atoms with van der Waals surface area (Å²) in [5, 5.41) is 0.981. The molecule has 0 amide bonds. The number of halogens is 2. The minimum atomic E-state index is -0.305. The smallest absolute Gasteiger partial charge is 0.178 e. The lowest BCUT2D eigenvalue weighted by molar-refractivity contribution is 0.622. The van der Waals surface area contributed by atoms with Gasteiger partial charge in [0, 0.05) is 17.1 Å². The summed E-state index contributed by atoms with van der Waals surface area (Å²) in [6, 6.07) is 3.18. The van der Waals surface area contributed by atoms with Crippen LogP contribution in [0.4, 0.5) is 4.39 Å². The molecule has 0 saturated carbocycles. The summed E-state index contributed by atoms with van der Waals surface area (Å²) in [4.78, 5) is 8.51. The molecule has 2 aromatic heterocycles. The predicted octanol–water partition coefficient (Wildman–Crippen LogP) is 4.41. The number of benzene rings is 1. The van der Waals surface area contributed by atoms with Crippen LogP contribution in [-0.4, -0.2) is 14.5 Å². The molecule has 0 aliphatic carbocycles. The van der Waals surface area contributed by atoms with Crippen LogP contribution < -0.4 is 0 Å². The van der Waals surface area contributed by atoms with E-state index in [9.17, 15) is 4.39 Å². The Morgan fingerprint density at radius 2 is 2.32 bits per heavy atom. The van der Waals surface area contributed by atoms with E-state index in [-0.39, 0.29) is 5.82 Å². The molecular formula is C12H9BrFN3S2. The van der Waals surface area contributed by atoms with Gasteiger partial charge in [-0.2, -0.15) is 0 Å². The summed E-state index contributed by atoms with van der Waals surface area (Å²) < 4.78 is 16.4. The van der Waals surface area contributed by atoms with Crippen molar-refractivity contribution >= 4 is 50.5 Å². The van der Waals surface area contributed by atoms with Crippen molar-refractivity contribution < 1.29 is 4.39 Å². The average Bonchev–Trinajstić information content (AvgIpc) is 2.87. The number of imidazole rings is 1. The van der Waals surface area contributed by atoms with Crippen LogP contribution in [0.1, 0.15) is 9.88 Å². The molecule has 2 heterocycles. The van der Waals surface area contributed by atoms with Crippen molar-refractivity contribution in [2.75, 3.05) is 0 Å². The molecule has 0 aliphatic heterocycles. The molecule has 7 heteroatoms. The van der Waals surface area contributed by atoms with Crippen molar-refractivity contribution in [1.82, 2.24) is 14.5 Å². The molecule has 1 N–H and O–H groups in total. The fourth-order valence-corrected chi connectivity index (χ4v) is 3.30. The molecule has 19 heavy (non-hydrogen) atoms. The largest absolute Gasteiger partial charge is 0.330 e. The standard InChI is InChI=1S/C12H9BrFN3S2/c1-6-4-15-11(19-6)5-17-10-2-7(13)8(14)3-9(10)16-12(17)18/h2-4H,5H2,1H3,(H,16,18). The summed E-state index contributed by atoms with van der Waals surface area (Å²) in [6.45, 7) is 2.61. The van der Waals surface area contributed by atoms with Crippen LogP contribution in [0.2, 0.25) is 0 Å². The maximum absolute atomic E-state index is 13.5. The molecule has 0 unspecified atom stereocenters. The summed E-state index contributed by atoms with van der Waals surface area (Å²) in [7, 11) is 0. The van der Waals surface area contributed by atoms with Crippen LogP contribution in [0.3, 0.4) is 0 Å². The number of aromatic amines is 1. The lowest BCUT2D eigenvalue weighted by atomic mass is 10.3. The third kappa shape index (κ3) is 2.37. The molecule has 1 aromatic carbocycles. The van der Waals surface area contributed by atoms with E-state index < -0.39 is 0 Å². The Kier molecular flexibility index (Phi) is 3.28. The fraction of sp³-hybridized carbons (Fsp3) is 0.167. The van der Waals surface area contributed by atoms with Gasteiger partial charge in [0.15, 0.2) is 4.77 Å². The molecule has 0 spiro atoms. The predicted molar refractivity (Wildman–Crippen MR) is 80.7 cm³/mol. The number of aryl methyl sites for hydroxylation is 1. The molecule has 3 aromatic rings. The third-order valence-electron chi connectivity index (χ3n) is 2.78. The number of hydrogen-bond donors (Lipinski definition) is 1. The Bertz CT molecular complexity index is 818. The van der Waals surface area contributed by atoms with Gasteiger partial charge >= 0.3 is 0 Å². The molecule has 0 fully saturated rings. The quantitative estimate of drug-likeness (QED) is 0.689. The maximum atomic E-state index is 13.5. The van der Waals surface area contributed by atoms with E-state index in [4.69, 9.17) is 12.2 Å². The van der Waals surface area contributed by atoms with Gasteiger partial charge in [0.2, 0.25) is 0 Å². The Morgan fingerprint density at radius 3 is 3.00 bits per heavy atom. The van der Waals surface area contributed by atoms with Gasteiger partial charge in [0.05, 0.1) is 22.1 Å². The normalized spacial score (nSPS) is 11.3. The van der Waals surface area contributed by atoms with Crippen LogP contribution in [0.15, 0.2) is 22.8 Å². The van der Waals surface area contributed by atoms with Crippen molar-refractivity contribution in [2.24, 2.45) is 0 Å². The molecule has 3 rings (SSSR count). The Hall–Kier alpha value is -1.05. The Labute approximate surface area is 126 Å². The number of hydrogen-bond acceptors (Lipinski definition) is 3. The van der Waals surface area contributed by atoms with Gasteiger partial charge in [0.25, 0.3) is 0 Å². The first kappa shape index (κ1) is 13.0. The summed E-state index contributed by atoms with van der Waals surface area (Å²) in [5.41, 5.74) is 1.56. The van der Waals surface area contributed by atoms with Gasteiger partial charge in [-0.25, -0.2) is 9.37 Å². The number of rotatable bonds is 2. The van der Waals surface area contributed by atoms with E-state index in [0.717, 1.165) is 15.4 Å². The van der Waals surface area contributed by atoms with Crippen LogP contribution in [-0.2, 0) is 6.54 Å². The highest BCUT2D eigenvalue weighted by Crippen LogP contribution is 2.24. The monoisotopic (exact) mass is 357 g/mol. The number of nitrogens with one attached hydrogen (secondary N) is 1. The third-order valence-corrected chi connectivity index (χ3v) is 4.61. The minimum absolute atomic E-state index is 0.305. The van der Waals surface area contributed by atoms with Crippen LogP contribution >= 0.6 is 39.5 Å². The van der Waals surface area contributed by atoms with E-state index in [1.54, 1.807) is 17.4 Å². The van der Waals surface area contributed by atoms with Crippen molar-refractivity contribution in [3.8, 4) is 0 Å². The van der Waals surface area contributed by atoms with E-state index >= 15 is 0 Å². The van der Waals surface area contributed by atoms with Crippen molar-refractivity contribution in [1.29, 1.82) is 0 Å². The summed E-state index contributed by atoms with van der Waals surface area (Å²) in [5.74, 6) is -0.305. The van der Waals surface area contributed by atoms with Crippen LogP contribution in [0.25, 0.3) is 11.0 Å². The minimum Gasteiger partial charge on any atom is -0.330 e. The Morgan fingerprint density at radius 1 is 1.53 bits per heavy atom. The second-order valence-corrected chi connectivity index (χ2v) is 6.72. The molecule has 0 aliphatic rings. The maximum Gasteiger partial charge on any atom is 0.178 e. The molecule has 3 nitrogen and oxygen atoms in total. The first-order valence-corrected chi connectivity index (χ1v) is 7.55. The van der Waals surface area contributed by atoms with E-state index in [0.29, 0.717) is 21.3 Å².